The van der Waals surface area contributed by atoms with E-state index in [-0.39, 0.29) is 0 Å². The quantitative estimate of drug-likeness (QED) is 0.687. The Morgan fingerprint density at radius 2 is 2.27 bits per heavy atom. The molecule has 0 fully saturated rings. The van der Waals surface area contributed by atoms with Crippen LogP contribution in [0.25, 0.3) is 0 Å². The molecule has 15 heavy (non-hydrogen) atoms. The summed E-state index contributed by atoms with van der Waals surface area (Å²) < 4.78 is 5.00. The highest BCUT2D eigenvalue weighted by atomic mass is 32.2. The number of nitrogens with one attached hydrogen (secondary N) is 1. The molecular weight excluding hydrogens is 210 g/mol. The smallest absolute Gasteiger partial charge is 0.227 e. The van der Waals surface area contributed by atoms with E-state index in [9.17, 15) is 0 Å². The van der Waals surface area contributed by atoms with Crippen molar-refractivity contribution in [1.29, 1.82) is 0 Å². The van der Waals surface area contributed by atoms with E-state index in [1.165, 1.54) is 17.9 Å². The summed E-state index contributed by atoms with van der Waals surface area (Å²) in [4.78, 5) is 4.14. The van der Waals surface area contributed by atoms with Gasteiger partial charge in [0.15, 0.2) is 5.82 Å². The molecule has 1 N–H and O–H groups in total. The third-order valence-electron chi connectivity index (χ3n) is 1.93. The van der Waals surface area contributed by atoms with Gasteiger partial charge in [0.05, 0.1) is 0 Å². The topological polar surface area (TPSA) is 51.0 Å². The maximum Gasteiger partial charge on any atom is 0.227 e. The van der Waals surface area contributed by atoms with E-state index in [0.717, 1.165) is 25.4 Å². The molecule has 4 nitrogen and oxygen atoms in total. The van der Waals surface area contributed by atoms with Gasteiger partial charge in [-0.3, -0.25) is 0 Å². The Balaban J connectivity index is 1.93. The predicted molar refractivity (Wildman–Crippen MR) is 63.2 cm³/mol. The van der Waals surface area contributed by atoms with Crippen molar-refractivity contribution in [3.05, 3.63) is 11.7 Å². The molecule has 0 bridgehead atoms. The van der Waals surface area contributed by atoms with Crippen LogP contribution in [0.1, 0.15) is 25.1 Å². The molecule has 0 aromatic carbocycles. The summed E-state index contributed by atoms with van der Waals surface area (Å²) in [6.45, 7) is 6.01. The first kappa shape index (κ1) is 12.5. The van der Waals surface area contributed by atoms with Gasteiger partial charge in [-0.05, 0) is 31.4 Å². The second-order valence-corrected chi connectivity index (χ2v) is 4.68. The maximum absolute atomic E-state index is 5.00. The van der Waals surface area contributed by atoms with Crippen LogP contribution in [0.15, 0.2) is 4.52 Å². The summed E-state index contributed by atoms with van der Waals surface area (Å²) in [5, 5.41) is 7.10. The summed E-state index contributed by atoms with van der Waals surface area (Å²) in [6, 6.07) is 0. The zero-order valence-corrected chi connectivity index (χ0v) is 10.3. The molecule has 0 aliphatic rings. The van der Waals surface area contributed by atoms with Crippen molar-refractivity contribution in [2.24, 2.45) is 0 Å². The Labute approximate surface area is 95.2 Å². The van der Waals surface area contributed by atoms with Crippen molar-refractivity contribution in [1.82, 2.24) is 15.5 Å². The maximum atomic E-state index is 5.00. The number of thioether (sulfide) groups is 1. The lowest BCUT2D eigenvalue weighted by Crippen LogP contribution is -2.19. The molecule has 86 valence electrons. The lowest BCUT2D eigenvalue weighted by atomic mass is 10.4. The SMILES string of the molecule is CCSCCCNCCc1nc(C)no1. The van der Waals surface area contributed by atoms with Gasteiger partial charge in [0.2, 0.25) is 5.89 Å². The predicted octanol–water partition coefficient (Wildman–Crippen LogP) is 1.65. The first-order valence-electron chi connectivity index (χ1n) is 5.40. The second kappa shape index (κ2) is 7.70. The Morgan fingerprint density at radius 3 is 2.93 bits per heavy atom. The van der Waals surface area contributed by atoms with Crippen molar-refractivity contribution < 1.29 is 4.52 Å². The second-order valence-electron chi connectivity index (χ2n) is 3.29. The molecule has 1 aromatic rings. The minimum atomic E-state index is 0.712. The highest BCUT2D eigenvalue weighted by Crippen LogP contribution is 1.99. The third kappa shape index (κ3) is 5.79. The summed E-state index contributed by atoms with van der Waals surface area (Å²) in [5.41, 5.74) is 0. The van der Waals surface area contributed by atoms with Crippen molar-refractivity contribution in [3.63, 3.8) is 0 Å². The lowest BCUT2D eigenvalue weighted by molar-refractivity contribution is 0.372. The summed E-state index contributed by atoms with van der Waals surface area (Å²) in [7, 11) is 0. The zero-order chi connectivity index (χ0) is 10.9. The van der Waals surface area contributed by atoms with Crippen molar-refractivity contribution in [2.45, 2.75) is 26.7 Å². The van der Waals surface area contributed by atoms with Gasteiger partial charge in [0, 0.05) is 13.0 Å². The van der Waals surface area contributed by atoms with Crippen LogP contribution >= 0.6 is 11.8 Å². The van der Waals surface area contributed by atoms with Crippen LogP contribution in [0.3, 0.4) is 0 Å². The highest BCUT2D eigenvalue weighted by molar-refractivity contribution is 7.99. The normalized spacial score (nSPS) is 10.8. The Bertz CT molecular complexity index is 265. The molecule has 0 amide bonds. The summed E-state index contributed by atoms with van der Waals surface area (Å²) in [5.74, 6) is 3.89. The molecule has 1 aromatic heterocycles. The average molecular weight is 229 g/mol. The number of aromatic nitrogens is 2. The molecule has 1 heterocycles. The molecule has 0 atom stereocenters. The molecule has 0 aliphatic heterocycles. The van der Waals surface area contributed by atoms with Crippen LogP contribution in [0.4, 0.5) is 0 Å². The van der Waals surface area contributed by atoms with Gasteiger partial charge in [0.25, 0.3) is 0 Å². The Morgan fingerprint density at radius 1 is 1.40 bits per heavy atom. The van der Waals surface area contributed by atoms with E-state index < -0.39 is 0 Å². The fourth-order valence-electron chi connectivity index (χ4n) is 1.21. The molecule has 5 heteroatoms. The van der Waals surface area contributed by atoms with Gasteiger partial charge in [-0.1, -0.05) is 12.1 Å². The van der Waals surface area contributed by atoms with Crippen molar-refractivity contribution >= 4 is 11.8 Å². The third-order valence-corrected chi connectivity index (χ3v) is 2.92. The molecule has 0 unspecified atom stereocenters. The van der Waals surface area contributed by atoms with E-state index >= 15 is 0 Å². The van der Waals surface area contributed by atoms with Gasteiger partial charge in [-0.15, -0.1) is 0 Å². The van der Waals surface area contributed by atoms with Crippen LogP contribution in [-0.4, -0.2) is 34.7 Å². The summed E-state index contributed by atoms with van der Waals surface area (Å²) >= 11 is 1.98. The van der Waals surface area contributed by atoms with Crippen LogP contribution in [0.2, 0.25) is 0 Å². The molecule has 0 saturated carbocycles. The zero-order valence-electron chi connectivity index (χ0n) is 9.45. The van der Waals surface area contributed by atoms with Crippen LogP contribution in [0.5, 0.6) is 0 Å². The van der Waals surface area contributed by atoms with Crippen LogP contribution in [0, 0.1) is 6.92 Å². The number of nitrogens with zero attached hydrogens (tertiary/aromatic N) is 2. The number of hydrogen-bond acceptors (Lipinski definition) is 5. The minimum absolute atomic E-state index is 0.712. The highest BCUT2D eigenvalue weighted by Gasteiger charge is 2.00. The van der Waals surface area contributed by atoms with E-state index in [4.69, 9.17) is 4.52 Å². The molecule has 0 saturated heterocycles. The van der Waals surface area contributed by atoms with Crippen molar-refractivity contribution in [2.75, 3.05) is 24.6 Å². The lowest BCUT2D eigenvalue weighted by Gasteiger charge is -2.01. The largest absolute Gasteiger partial charge is 0.339 e. The first-order chi connectivity index (χ1) is 7.33. The Hall–Kier alpha value is -0.550. The van der Waals surface area contributed by atoms with Gasteiger partial charge < -0.3 is 9.84 Å². The Kier molecular flexibility index (Phi) is 6.43. The van der Waals surface area contributed by atoms with Crippen molar-refractivity contribution in [3.8, 4) is 0 Å². The standard InChI is InChI=1S/C10H19N3OS/c1-3-15-8-4-6-11-7-5-10-12-9(2)13-14-10/h11H,3-8H2,1-2H3. The average Bonchev–Trinajstić information content (AvgIpc) is 2.63. The molecule has 0 radical (unpaired) electrons. The van der Waals surface area contributed by atoms with E-state index in [2.05, 4.69) is 22.4 Å². The fourth-order valence-corrected chi connectivity index (χ4v) is 1.84. The molecular formula is C10H19N3OS. The number of rotatable bonds is 8. The number of hydrogen-bond donors (Lipinski definition) is 1. The molecule has 0 spiro atoms. The van der Waals surface area contributed by atoms with Gasteiger partial charge in [-0.2, -0.15) is 16.7 Å². The first-order valence-corrected chi connectivity index (χ1v) is 6.56. The molecule has 0 aliphatic carbocycles. The van der Waals surface area contributed by atoms with Crippen LogP contribution in [-0.2, 0) is 6.42 Å². The number of aryl methyl sites for hydroxylation is 1. The van der Waals surface area contributed by atoms with Gasteiger partial charge >= 0.3 is 0 Å². The van der Waals surface area contributed by atoms with Crippen LogP contribution < -0.4 is 5.32 Å². The summed E-state index contributed by atoms with van der Waals surface area (Å²) in [6.07, 6.45) is 2.04. The minimum Gasteiger partial charge on any atom is -0.339 e. The van der Waals surface area contributed by atoms with Gasteiger partial charge in [0.1, 0.15) is 0 Å². The monoisotopic (exact) mass is 229 g/mol. The van der Waals surface area contributed by atoms with Gasteiger partial charge in [-0.25, -0.2) is 0 Å². The van der Waals surface area contributed by atoms with E-state index in [1.54, 1.807) is 0 Å². The fraction of sp³-hybridized carbons (Fsp3) is 0.800. The van der Waals surface area contributed by atoms with E-state index in [1.807, 2.05) is 18.7 Å². The molecule has 1 rings (SSSR count). The van der Waals surface area contributed by atoms with E-state index in [0.29, 0.717) is 5.82 Å².